The molecule has 1 atom stereocenters. The third-order valence-corrected chi connectivity index (χ3v) is 6.78. The van der Waals surface area contributed by atoms with Gasteiger partial charge >= 0.3 is 11.9 Å². The van der Waals surface area contributed by atoms with Gasteiger partial charge in [0.25, 0.3) is 5.56 Å². The monoisotopic (exact) mass is 538 g/mol. The van der Waals surface area contributed by atoms with E-state index in [0.717, 1.165) is 0 Å². The molecule has 3 aromatic rings. The largest absolute Gasteiger partial charge is 0.497 e. The van der Waals surface area contributed by atoms with Crippen LogP contribution in [0.3, 0.4) is 0 Å². The van der Waals surface area contributed by atoms with Crippen molar-refractivity contribution in [2.24, 2.45) is 4.99 Å². The zero-order valence-electron chi connectivity index (χ0n) is 21.2. The van der Waals surface area contributed by atoms with Crippen LogP contribution < -0.4 is 29.1 Å². The average Bonchev–Trinajstić information content (AvgIpc) is 3.21. The number of thiazole rings is 1. The molecule has 10 nitrogen and oxygen atoms in total. The summed E-state index contributed by atoms with van der Waals surface area (Å²) in [6.07, 6.45) is 1.70. The molecule has 0 bridgehead atoms. The third-order valence-electron chi connectivity index (χ3n) is 5.79. The van der Waals surface area contributed by atoms with Crippen molar-refractivity contribution in [1.29, 1.82) is 0 Å². The van der Waals surface area contributed by atoms with E-state index in [-0.39, 0.29) is 17.7 Å². The minimum atomic E-state index is -1.07. The van der Waals surface area contributed by atoms with Crippen LogP contribution >= 0.6 is 11.3 Å². The molecule has 2 aromatic carbocycles. The molecule has 1 unspecified atom stereocenters. The number of carboxylic acids is 1. The number of hydrogen-bond acceptors (Lipinski definition) is 9. The number of carbonyl (C=O) groups excluding carboxylic acids is 1. The molecule has 0 saturated carbocycles. The van der Waals surface area contributed by atoms with Crippen LogP contribution in [0, 0.1) is 0 Å². The van der Waals surface area contributed by atoms with Gasteiger partial charge in [-0.1, -0.05) is 23.5 Å². The molecule has 0 radical (unpaired) electrons. The van der Waals surface area contributed by atoms with Crippen LogP contribution in [-0.4, -0.2) is 49.0 Å². The number of methoxy groups -OCH3 is 2. The SMILES string of the molecule is CCOC(=O)C1=C(C)N=c2sc(=Cc3ccc(OCC(=O)O)cc3)c(=O)n2C1c1ccc(OC)cc1OC. The lowest BCUT2D eigenvalue weighted by atomic mass is 9.95. The fourth-order valence-electron chi connectivity index (χ4n) is 4.09. The van der Waals surface area contributed by atoms with E-state index in [1.54, 1.807) is 62.4 Å². The highest BCUT2D eigenvalue weighted by molar-refractivity contribution is 7.07. The number of esters is 1. The number of carboxylic acid groups (broad SMARTS) is 1. The molecular formula is C27H26N2O8S. The molecule has 0 fully saturated rings. The zero-order valence-corrected chi connectivity index (χ0v) is 22.0. The third kappa shape index (κ3) is 5.32. The van der Waals surface area contributed by atoms with Crippen molar-refractivity contribution in [1.82, 2.24) is 4.57 Å². The molecule has 0 amide bonds. The second-order valence-electron chi connectivity index (χ2n) is 8.16. The van der Waals surface area contributed by atoms with Gasteiger partial charge in [0.2, 0.25) is 0 Å². The number of rotatable bonds is 9. The molecule has 11 heteroatoms. The predicted octanol–water partition coefficient (Wildman–Crippen LogP) is 2.28. The van der Waals surface area contributed by atoms with E-state index in [0.29, 0.717) is 43.4 Å². The molecule has 0 spiro atoms. The van der Waals surface area contributed by atoms with Gasteiger partial charge in [0.15, 0.2) is 11.4 Å². The fraction of sp³-hybridized carbons (Fsp3) is 0.259. The number of ether oxygens (including phenoxy) is 4. The Balaban J connectivity index is 1.86. The Labute approximate surface area is 221 Å². The number of hydrogen-bond donors (Lipinski definition) is 1. The van der Waals surface area contributed by atoms with E-state index in [1.165, 1.54) is 30.1 Å². The number of aromatic nitrogens is 1. The molecule has 0 saturated heterocycles. The maximum Gasteiger partial charge on any atom is 0.341 e. The van der Waals surface area contributed by atoms with Gasteiger partial charge in [0.05, 0.1) is 36.6 Å². The molecule has 2 heterocycles. The lowest BCUT2D eigenvalue weighted by Crippen LogP contribution is -2.40. The van der Waals surface area contributed by atoms with Crippen LogP contribution in [0.25, 0.3) is 6.08 Å². The van der Waals surface area contributed by atoms with Crippen LogP contribution in [0.2, 0.25) is 0 Å². The number of allylic oxidation sites excluding steroid dienone is 1. The van der Waals surface area contributed by atoms with E-state index in [2.05, 4.69) is 4.99 Å². The number of aliphatic carboxylic acids is 1. The highest BCUT2D eigenvalue weighted by atomic mass is 32.1. The minimum Gasteiger partial charge on any atom is -0.497 e. The van der Waals surface area contributed by atoms with Gasteiger partial charge in [-0.2, -0.15) is 0 Å². The Bertz CT molecular complexity index is 1580. The Hall–Kier alpha value is -4.38. The van der Waals surface area contributed by atoms with Crippen molar-refractivity contribution >= 4 is 29.4 Å². The minimum absolute atomic E-state index is 0.165. The Morgan fingerprint density at radius 3 is 2.45 bits per heavy atom. The van der Waals surface area contributed by atoms with Crippen molar-refractivity contribution < 1.29 is 33.6 Å². The summed E-state index contributed by atoms with van der Waals surface area (Å²) in [4.78, 5) is 42.6. The number of fused-ring (bicyclic) bond motifs is 1. The van der Waals surface area contributed by atoms with Crippen LogP contribution in [0.4, 0.5) is 0 Å². The molecule has 1 aliphatic rings. The van der Waals surface area contributed by atoms with E-state index in [4.69, 9.17) is 24.1 Å². The van der Waals surface area contributed by atoms with Crippen LogP contribution in [0.5, 0.6) is 17.2 Å². The first-order valence-corrected chi connectivity index (χ1v) is 12.4. The highest BCUT2D eigenvalue weighted by Gasteiger charge is 2.35. The molecule has 1 N–H and O–H groups in total. The van der Waals surface area contributed by atoms with Gasteiger partial charge in [-0.3, -0.25) is 9.36 Å². The zero-order chi connectivity index (χ0) is 27.4. The molecule has 0 aliphatic carbocycles. The van der Waals surface area contributed by atoms with E-state index in [9.17, 15) is 14.4 Å². The summed E-state index contributed by atoms with van der Waals surface area (Å²) in [6.45, 7) is 3.14. The number of nitrogens with zero attached hydrogens (tertiary/aromatic N) is 2. The topological polar surface area (TPSA) is 126 Å². The molecule has 38 heavy (non-hydrogen) atoms. The predicted molar refractivity (Wildman–Crippen MR) is 140 cm³/mol. The molecule has 198 valence electrons. The van der Waals surface area contributed by atoms with Crippen molar-refractivity contribution in [3.05, 3.63) is 84.5 Å². The summed E-state index contributed by atoms with van der Waals surface area (Å²) < 4.78 is 23.3. The number of benzene rings is 2. The van der Waals surface area contributed by atoms with Crippen molar-refractivity contribution in [2.75, 3.05) is 27.4 Å². The Kier molecular flexibility index (Phi) is 7.96. The lowest BCUT2D eigenvalue weighted by Gasteiger charge is -2.26. The highest BCUT2D eigenvalue weighted by Crippen LogP contribution is 2.37. The summed E-state index contributed by atoms with van der Waals surface area (Å²) in [5, 5.41) is 8.78. The van der Waals surface area contributed by atoms with Crippen LogP contribution in [0.1, 0.15) is 31.0 Å². The maximum atomic E-state index is 13.8. The normalized spacial score (nSPS) is 14.9. The molecule has 1 aliphatic heterocycles. The lowest BCUT2D eigenvalue weighted by molar-refractivity contribution is -0.140. The van der Waals surface area contributed by atoms with Gasteiger partial charge in [-0.15, -0.1) is 0 Å². The summed E-state index contributed by atoms with van der Waals surface area (Å²) in [5.74, 6) is -0.240. The maximum absolute atomic E-state index is 13.8. The second kappa shape index (κ2) is 11.3. The first kappa shape index (κ1) is 26.7. The summed E-state index contributed by atoms with van der Waals surface area (Å²) in [5.41, 5.74) is 1.64. The summed E-state index contributed by atoms with van der Waals surface area (Å²) in [7, 11) is 3.04. The van der Waals surface area contributed by atoms with Crippen LogP contribution in [0.15, 0.2) is 63.5 Å². The van der Waals surface area contributed by atoms with Crippen molar-refractivity contribution in [3.63, 3.8) is 0 Å². The van der Waals surface area contributed by atoms with Gasteiger partial charge in [-0.05, 0) is 49.8 Å². The van der Waals surface area contributed by atoms with Crippen molar-refractivity contribution in [3.8, 4) is 17.2 Å². The quantitative estimate of drug-likeness (QED) is 0.412. The smallest absolute Gasteiger partial charge is 0.341 e. The molecule has 1 aromatic heterocycles. The van der Waals surface area contributed by atoms with E-state index in [1.807, 2.05) is 0 Å². The van der Waals surface area contributed by atoms with Crippen LogP contribution in [-0.2, 0) is 14.3 Å². The summed E-state index contributed by atoms with van der Waals surface area (Å²) >= 11 is 1.19. The summed E-state index contributed by atoms with van der Waals surface area (Å²) in [6, 6.07) is 11.0. The van der Waals surface area contributed by atoms with E-state index >= 15 is 0 Å². The van der Waals surface area contributed by atoms with Gasteiger partial charge < -0.3 is 24.1 Å². The van der Waals surface area contributed by atoms with E-state index < -0.39 is 24.6 Å². The van der Waals surface area contributed by atoms with Gasteiger partial charge in [0.1, 0.15) is 23.3 Å². The molecule has 4 rings (SSSR count). The Morgan fingerprint density at radius 2 is 1.82 bits per heavy atom. The Morgan fingerprint density at radius 1 is 1.11 bits per heavy atom. The number of carbonyl (C=O) groups is 2. The average molecular weight is 539 g/mol. The standard InChI is InChI=1S/C27H26N2O8S/c1-5-36-26(33)23-15(2)28-27-29(24(23)19-11-10-18(34-3)13-20(19)35-4)25(32)21(38-27)12-16-6-8-17(9-7-16)37-14-22(30)31/h6-13,24H,5,14H2,1-4H3,(H,30,31). The first-order chi connectivity index (χ1) is 18.3. The van der Waals surface area contributed by atoms with Gasteiger partial charge in [0, 0.05) is 11.6 Å². The molecular weight excluding hydrogens is 512 g/mol. The van der Waals surface area contributed by atoms with Gasteiger partial charge in [-0.25, -0.2) is 14.6 Å². The first-order valence-electron chi connectivity index (χ1n) is 11.6. The van der Waals surface area contributed by atoms with Crippen molar-refractivity contribution in [2.45, 2.75) is 19.9 Å². The fourth-order valence-corrected chi connectivity index (χ4v) is 5.13. The second-order valence-corrected chi connectivity index (χ2v) is 9.17.